The lowest BCUT2D eigenvalue weighted by Gasteiger charge is -2.37. The van der Waals surface area contributed by atoms with Crippen LogP contribution in [0.5, 0.6) is 11.5 Å². The Bertz CT molecular complexity index is 2410. The molecule has 0 radical (unpaired) electrons. The maximum Gasteiger partial charge on any atom is 0.351 e. The molecule has 0 amide bonds. The second-order valence-electron chi connectivity index (χ2n) is 14.9. The van der Waals surface area contributed by atoms with E-state index < -0.39 is 28.8 Å². The molecule has 0 spiro atoms. The van der Waals surface area contributed by atoms with E-state index in [9.17, 15) is 15.0 Å². The number of nitrogens with one attached hydrogen (secondary N) is 1. The van der Waals surface area contributed by atoms with Crippen molar-refractivity contribution >= 4 is 5.82 Å². The second kappa shape index (κ2) is 22.7. The summed E-state index contributed by atoms with van der Waals surface area (Å²) in [6.07, 6.45) is 1.48. The van der Waals surface area contributed by atoms with Gasteiger partial charge in [-0.2, -0.15) is 4.98 Å². The second-order valence-corrected chi connectivity index (χ2v) is 14.9. The van der Waals surface area contributed by atoms with Crippen molar-refractivity contribution in [3.8, 4) is 11.5 Å². The molecule has 2 heterocycles. The summed E-state index contributed by atoms with van der Waals surface area (Å²) < 4.78 is 17.9. The number of rotatable bonds is 12. The first-order chi connectivity index (χ1) is 31.1. The van der Waals surface area contributed by atoms with E-state index in [4.69, 9.17) is 19.9 Å². The number of benzene rings is 6. The SMILES string of the molecule is CC.CC.COc1ccc(C(Nc2ccn(C3O[C@](N)(CO)CC3C)c(=O)n2)(c2ccccc2)c2ccccc2)cc1.COc1ccc(C(O)(c2ccccc2)c2ccccc2)cc1. The number of aliphatic hydroxyl groups is 2. The number of nitrogens with zero attached hydrogens (tertiary/aromatic N) is 2. The van der Waals surface area contributed by atoms with Gasteiger partial charge in [0.05, 0.1) is 20.8 Å². The van der Waals surface area contributed by atoms with Crippen LogP contribution in [-0.4, -0.2) is 46.3 Å². The minimum Gasteiger partial charge on any atom is -0.497 e. The molecule has 334 valence electrons. The quantitative estimate of drug-likeness (QED) is 0.0884. The van der Waals surface area contributed by atoms with E-state index in [2.05, 4.69) is 34.6 Å². The van der Waals surface area contributed by atoms with Crippen LogP contribution in [0.1, 0.15) is 80.6 Å². The van der Waals surface area contributed by atoms with Crippen molar-refractivity contribution in [3.05, 3.63) is 226 Å². The fourth-order valence-corrected chi connectivity index (χ4v) is 7.98. The maximum absolute atomic E-state index is 13.3. The van der Waals surface area contributed by atoms with Crippen LogP contribution in [0.4, 0.5) is 5.82 Å². The Labute approximate surface area is 378 Å². The molecule has 1 aromatic heterocycles. The molecular formula is C54H62N4O6. The van der Waals surface area contributed by atoms with E-state index in [0.717, 1.165) is 44.9 Å². The summed E-state index contributed by atoms with van der Waals surface area (Å²) >= 11 is 0. The van der Waals surface area contributed by atoms with Crippen molar-refractivity contribution in [2.24, 2.45) is 11.7 Å². The van der Waals surface area contributed by atoms with Gasteiger partial charge in [0, 0.05) is 12.1 Å². The molecule has 2 unspecified atom stereocenters. The average molecular weight is 863 g/mol. The van der Waals surface area contributed by atoms with E-state index in [-0.39, 0.29) is 12.5 Å². The van der Waals surface area contributed by atoms with E-state index in [1.54, 1.807) is 26.5 Å². The van der Waals surface area contributed by atoms with Gasteiger partial charge in [-0.1, -0.05) is 180 Å². The smallest absolute Gasteiger partial charge is 0.351 e. The van der Waals surface area contributed by atoms with Crippen LogP contribution in [0.15, 0.2) is 187 Å². The third-order valence-corrected chi connectivity index (χ3v) is 11.0. The molecule has 1 fully saturated rings. The third kappa shape index (κ3) is 10.6. The first-order valence-electron chi connectivity index (χ1n) is 21.8. The van der Waals surface area contributed by atoms with Crippen molar-refractivity contribution in [2.75, 3.05) is 26.1 Å². The van der Waals surface area contributed by atoms with Crippen LogP contribution in [-0.2, 0) is 15.9 Å². The average Bonchev–Trinajstić information content (AvgIpc) is 3.68. The summed E-state index contributed by atoms with van der Waals surface area (Å²) in [6, 6.07) is 56.7. The zero-order valence-electron chi connectivity index (χ0n) is 37.9. The molecule has 5 N–H and O–H groups in total. The number of hydrogen-bond acceptors (Lipinski definition) is 9. The summed E-state index contributed by atoms with van der Waals surface area (Å²) in [6.45, 7) is 9.61. The van der Waals surface area contributed by atoms with Crippen LogP contribution in [0.25, 0.3) is 0 Å². The number of aliphatic hydroxyl groups excluding tert-OH is 1. The Kier molecular flexibility index (Phi) is 17.2. The topological polar surface area (TPSA) is 141 Å². The highest BCUT2D eigenvalue weighted by molar-refractivity contribution is 5.58. The molecule has 1 saturated heterocycles. The Morgan fingerprint density at radius 2 is 1.03 bits per heavy atom. The van der Waals surface area contributed by atoms with Crippen LogP contribution in [0, 0.1) is 5.92 Å². The summed E-state index contributed by atoms with van der Waals surface area (Å²) in [5.41, 5.74) is 7.82. The third-order valence-electron chi connectivity index (χ3n) is 11.0. The number of aromatic nitrogens is 2. The summed E-state index contributed by atoms with van der Waals surface area (Å²) in [4.78, 5) is 17.7. The van der Waals surface area contributed by atoms with E-state index in [0.29, 0.717) is 12.2 Å². The van der Waals surface area contributed by atoms with Gasteiger partial charge < -0.3 is 35.5 Å². The van der Waals surface area contributed by atoms with Crippen molar-refractivity contribution in [1.82, 2.24) is 9.55 Å². The molecule has 10 heteroatoms. The van der Waals surface area contributed by atoms with Gasteiger partial charge in [-0.05, 0) is 70.1 Å². The van der Waals surface area contributed by atoms with Gasteiger partial charge in [-0.3, -0.25) is 4.57 Å². The van der Waals surface area contributed by atoms with Crippen LogP contribution in [0.3, 0.4) is 0 Å². The lowest BCUT2D eigenvalue weighted by Crippen LogP contribution is -2.43. The number of ether oxygens (including phenoxy) is 3. The van der Waals surface area contributed by atoms with Gasteiger partial charge in [-0.25, -0.2) is 4.79 Å². The van der Waals surface area contributed by atoms with Gasteiger partial charge in [0.25, 0.3) is 0 Å². The van der Waals surface area contributed by atoms with E-state index >= 15 is 0 Å². The zero-order valence-corrected chi connectivity index (χ0v) is 37.9. The molecule has 0 bridgehead atoms. The molecule has 7 aromatic rings. The molecule has 10 nitrogen and oxygen atoms in total. The highest BCUT2D eigenvalue weighted by Gasteiger charge is 2.43. The molecule has 0 saturated carbocycles. The Hall–Kier alpha value is -6.56. The molecule has 64 heavy (non-hydrogen) atoms. The van der Waals surface area contributed by atoms with Gasteiger partial charge in [0.1, 0.15) is 40.4 Å². The molecule has 1 aliphatic rings. The minimum absolute atomic E-state index is 0.0718. The maximum atomic E-state index is 13.3. The van der Waals surface area contributed by atoms with Crippen LogP contribution >= 0.6 is 0 Å². The van der Waals surface area contributed by atoms with Crippen molar-refractivity contribution in [3.63, 3.8) is 0 Å². The lowest BCUT2D eigenvalue weighted by atomic mass is 9.77. The first-order valence-corrected chi connectivity index (χ1v) is 21.8. The Morgan fingerprint density at radius 1 is 0.656 bits per heavy atom. The molecular weight excluding hydrogens is 801 g/mol. The summed E-state index contributed by atoms with van der Waals surface area (Å²) in [5.74, 6) is 1.85. The predicted octanol–water partition coefficient (Wildman–Crippen LogP) is 9.89. The van der Waals surface area contributed by atoms with Gasteiger partial charge in [0.15, 0.2) is 0 Å². The Morgan fingerprint density at radius 3 is 1.41 bits per heavy atom. The molecule has 3 atom stereocenters. The molecule has 0 aliphatic carbocycles. The van der Waals surface area contributed by atoms with Crippen molar-refractivity contribution in [2.45, 2.75) is 64.1 Å². The largest absolute Gasteiger partial charge is 0.497 e. The number of methoxy groups -OCH3 is 2. The monoisotopic (exact) mass is 862 g/mol. The molecule has 1 aliphatic heterocycles. The predicted molar refractivity (Wildman–Crippen MR) is 256 cm³/mol. The van der Waals surface area contributed by atoms with Crippen LogP contribution < -0.4 is 26.2 Å². The first kappa shape index (κ1) is 48.5. The normalized spacial score (nSPS) is 16.7. The standard InChI is InChI=1S/C30H32N4O4.C20H18O2.2C2H6/c1-21-19-29(31,20-35)38-27(21)34-18-17-26(32-28(34)36)33-30(22-9-5-3-6-10-22,23-11-7-4-8-12-23)24-13-15-25(37-2)16-14-24;1-22-19-14-12-18(13-15-19)20(21,16-8-4-2-5-9-16)17-10-6-3-7-11-17;2*1-2/h3-18,21,27,35H,19-20,31H2,1-2H3,(H,32,33,36);2-15,21H,1H3;2*1-2H3/t21?,27?,29-;;;/m0.../s1. The van der Waals surface area contributed by atoms with E-state index in [1.807, 2.05) is 180 Å². The summed E-state index contributed by atoms with van der Waals surface area (Å²) in [7, 11) is 3.27. The van der Waals surface area contributed by atoms with E-state index in [1.165, 1.54) is 4.57 Å². The fraction of sp³-hybridized carbons (Fsp3) is 0.259. The highest BCUT2D eigenvalue weighted by Crippen LogP contribution is 2.41. The molecule has 6 aromatic carbocycles. The zero-order chi connectivity index (χ0) is 46.2. The highest BCUT2D eigenvalue weighted by atomic mass is 16.6. The lowest BCUT2D eigenvalue weighted by molar-refractivity contribution is -0.0998. The van der Waals surface area contributed by atoms with Gasteiger partial charge >= 0.3 is 5.69 Å². The Balaban J connectivity index is 0.000000251. The fourth-order valence-electron chi connectivity index (χ4n) is 7.98. The van der Waals surface area contributed by atoms with Gasteiger partial charge in [-0.15, -0.1) is 0 Å². The number of anilines is 1. The minimum atomic E-state index is -1.19. The van der Waals surface area contributed by atoms with Crippen molar-refractivity contribution in [1.29, 1.82) is 0 Å². The number of nitrogens with two attached hydrogens (primary N) is 1. The summed E-state index contributed by atoms with van der Waals surface area (Å²) in [5, 5.41) is 24.8. The molecule has 8 rings (SSSR count). The van der Waals surface area contributed by atoms with Crippen LogP contribution in [0.2, 0.25) is 0 Å². The van der Waals surface area contributed by atoms with Crippen molar-refractivity contribution < 1.29 is 24.4 Å². The van der Waals surface area contributed by atoms with Gasteiger partial charge in [0.2, 0.25) is 0 Å². The number of hydrogen-bond donors (Lipinski definition) is 4.